The molecule has 2 saturated heterocycles. The molecule has 3 aliphatic heterocycles. The summed E-state index contributed by atoms with van der Waals surface area (Å²) in [5.74, 6) is -6.79. The highest BCUT2D eigenvalue weighted by molar-refractivity contribution is 6.39. The van der Waals surface area contributed by atoms with Gasteiger partial charge in [0.05, 0.1) is 18.3 Å². The van der Waals surface area contributed by atoms with Crippen LogP contribution >= 0.6 is 0 Å². The lowest BCUT2D eigenvalue weighted by molar-refractivity contribution is -0.302. The molecule has 0 radical (unpaired) electrons. The number of fused-ring (bicyclic) bond motifs is 3. The lowest BCUT2D eigenvalue weighted by Crippen LogP contribution is -2.64. The number of carbonyl (C=O) groups excluding carboxylic acids is 4. The summed E-state index contributed by atoms with van der Waals surface area (Å²) in [5, 5.41) is 23.5. The van der Waals surface area contributed by atoms with Crippen molar-refractivity contribution in [2.45, 2.75) is 155 Å². The molecule has 3 rings (SSSR count). The van der Waals surface area contributed by atoms with Crippen molar-refractivity contribution in [3.05, 3.63) is 36.0 Å². The summed E-state index contributed by atoms with van der Waals surface area (Å²) < 4.78 is 24.2. The molecule has 0 saturated carbocycles. The van der Waals surface area contributed by atoms with E-state index < -0.39 is 71.8 Å². The van der Waals surface area contributed by atoms with Gasteiger partial charge in [0.2, 0.25) is 5.79 Å². The van der Waals surface area contributed by atoms with Gasteiger partial charge in [-0.2, -0.15) is 0 Å². The molecule has 11 heteroatoms. The third kappa shape index (κ3) is 11.0. The topological polar surface area (TPSA) is 149 Å². The van der Waals surface area contributed by atoms with E-state index in [0.717, 1.165) is 18.4 Å². The number of esters is 1. The van der Waals surface area contributed by atoms with E-state index in [9.17, 15) is 29.4 Å². The zero-order valence-electron chi connectivity index (χ0n) is 33.7. The van der Waals surface area contributed by atoms with Crippen LogP contribution in [0.25, 0.3) is 0 Å². The molecular formula is C42H67NO10. The van der Waals surface area contributed by atoms with E-state index >= 15 is 0 Å². The molecule has 0 aromatic carbocycles. The SMILES string of the molecule is C=CC/C1=C\C(C)CC(C)CC(OC)C2OC(O)(C(=O)C(=O)N3CCCCC3C(=O)OC(C(C)=CC(CC)CC)C(C)C(O)CC1=O)C(C)CC2OC. The number of hydrogen-bond donors (Lipinski definition) is 2. The molecular weight excluding hydrogens is 678 g/mol. The van der Waals surface area contributed by atoms with Gasteiger partial charge in [-0.3, -0.25) is 14.4 Å². The highest BCUT2D eigenvalue weighted by Crippen LogP contribution is 2.39. The molecule has 3 heterocycles. The second-order valence-electron chi connectivity index (χ2n) is 15.9. The smallest absolute Gasteiger partial charge is 0.329 e. The molecule has 0 aliphatic carbocycles. The fourth-order valence-electron chi connectivity index (χ4n) is 8.42. The molecule has 53 heavy (non-hydrogen) atoms. The van der Waals surface area contributed by atoms with Gasteiger partial charge in [0, 0.05) is 39.0 Å². The van der Waals surface area contributed by atoms with Crippen LogP contribution in [0.3, 0.4) is 0 Å². The Labute approximate surface area is 317 Å². The molecule has 2 fully saturated rings. The van der Waals surface area contributed by atoms with Crippen molar-refractivity contribution in [3.8, 4) is 0 Å². The summed E-state index contributed by atoms with van der Waals surface area (Å²) in [6.45, 7) is 17.5. The lowest BCUT2D eigenvalue weighted by atomic mass is 9.81. The van der Waals surface area contributed by atoms with E-state index in [1.54, 1.807) is 19.9 Å². The number of aliphatic hydroxyl groups excluding tert-OH is 1. The number of rotatable bonds is 8. The summed E-state index contributed by atoms with van der Waals surface area (Å²) in [5.41, 5.74) is 1.30. The molecule has 2 N–H and O–H groups in total. The second kappa shape index (κ2) is 20.3. The molecule has 11 atom stereocenters. The number of piperidine rings is 1. The van der Waals surface area contributed by atoms with Crippen molar-refractivity contribution < 1.29 is 48.3 Å². The molecule has 0 spiro atoms. The molecule has 3 aliphatic rings. The first kappa shape index (κ1) is 44.7. The highest BCUT2D eigenvalue weighted by Gasteiger charge is 2.56. The lowest BCUT2D eigenvalue weighted by Gasteiger charge is -2.47. The minimum absolute atomic E-state index is 0.0250. The van der Waals surface area contributed by atoms with Gasteiger partial charge in [-0.25, -0.2) is 4.79 Å². The van der Waals surface area contributed by atoms with Gasteiger partial charge in [-0.05, 0) is 93.6 Å². The van der Waals surface area contributed by atoms with Crippen LogP contribution in [0, 0.1) is 29.6 Å². The van der Waals surface area contributed by atoms with Crippen LogP contribution in [0.2, 0.25) is 0 Å². The van der Waals surface area contributed by atoms with Crippen LogP contribution in [-0.4, -0.2) is 102 Å². The number of hydrogen-bond acceptors (Lipinski definition) is 10. The third-order valence-electron chi connectivity index (χ3n) is 11.8. The first-order valence-electron chi connectivity index (χ1n) is 19.8. The quantitative estimate of drug-likeness (QED) is 0.175. The molecule has 1 amide bonds. The Morgan fingerprint density at radius 3 is 2.28 bits per heavy atom. The Bertz CT molecular complexity index is 1340. The van der Waals surface area contributed by atoms with Crippen molar-refractivity contribution in [1.29, 1.82) is 0 Å². The summed E-state index contributed by atoms with van der Waals surface area (Å²) in [7, 11) is 3.07. The molecule has 11 nitrogen and oxygen atoms in total. The number of aliphatic hydroxyl groups is 2. The Kier molecular flexibility index (Phi) is 17.1. The maximum atomic E-state index is 14.1. The van der Waals surface area contributed by atoms with E-state index in [0.29, 0.717) is 37.7 Å². The first-order chi connectivity index (χ1) is 25.1. The number of carbonyl (C=O) groups is 4. The normalized spacial score (nSPS) is 37.3. The number of allylic oxidation sites excluding steroid dienone is 4. The highest BCUT2D eigenvalue weighted by atomic mass is 16.7. The van der Waals surface area contributed by atoms with Gasteiger partial charge in [-0.1, -0.05) is 59.8 Å². The van der Waals surface area contributed by atoms with Crippen molar-refractivity contribution in [3.63, 3.8) is 0 Å². The van der Waals surface area contributed by atoms with Gasteiger partial charge in [-0.15, -0.1) is 6.58 Å². The predicted octanol–water partition coefficient (Wildman–Crippen LogP) is 5.90. The number of ether oxygens (including phenoxy) is 4. The largest absolute Gasteiger partial charge is 0.456 e. The monoisotopic (exact) mass is 745 g/mol. The van der Waals surface area contributed by atoms with Gasteiger partial charge >= 0.3 is 5.97 Å². The van der Waals surface area contributed by atoms with Crippen LogP contribution < -0.4 is 0 Å². The number of methoxy groups -OCH3 is 2. The zero-order valence-corrected chi connectivity index (χ0v) is 33.7. The second-order valence-corrected chi connectivity index (χ2v) is 15.9. The first-order valence-corrected chi connectivity index (χ1v) is 19.8. The van der Waals surface area contributed by atoms with Crippen molar-refractivity contribution >= 4 is 23.4 Å². The zero-order chi connectivity index (χ0) is 39.6. The average molecular weight is 746 g/mol. The Morgan fingerprint density at radius 2 is 1.68 bits per heavy atom. The average Bonchev–Trinajstić information content (AvgIpc) is 3.14. The number of nitrogens with zero attached hydrogens (tertiary/aromatic N) is 1. The predicted molar refractivity (Wildman–Crippen MR) is 203 cm³/mol. The minimum atomic E-state index is -2.48. The van der Waals surface area contributed by atoms with Gasteiger partial charge in [0.15, 0.2) is 5.78 Å². The summed E-state index contributed by atoms with van der Waals surface area (Å²) in [4.78, 5) is 57.4. The van der Waals surface area contributed by atoms with Crippen LogP contribution in [0.15, 0.2) is 36.0 Å². The summed E-state index contributed by atoms with van der Waals surface area (Å²) >= 11 is 0. The number of amides is 1. The Balaban J connectivity index is 2.15. The van der Waals surface area contributed by atoms with E-state index in [-0.39, 0.29) is 49.3 Å². The van der Waals surface area contributed by atoms with E-state index in [1.165, 1.54) is 19.1 Å². The molecule has 0 aromatic rings. The minimum Gasteiger partial charge on any atom is -0.456 e. The molecule has 2 bridgehead atoms. The van der Waals surface area contributed by atoms with Gasteiger partial charge in [0.1, 0.15) is 18.2 Å². The van der Waals surface area contributed by atoms with Crippen molar-refractivity contribution in [2.75, 3.05) is 20.8 Å². The van der Waals surface area contributed by atoms with E-state index in [4.69, 9.17) is 18.9 Å². The number of cyclic esters (lactones) is 1. The Morgan fingerprint density at radius 1 is 1.04 bits per heavy atom. The number of Topliss-reactive ketones (excluding diaryl/α,β-unsaturated/α-hetero) is 2. The van der Waals surface area contributed by atoms with E-state index in [2.05, 4.69) is 33.4 Å². The molecule has 0 aromatic heterocycles. The fourth-order valence-corrected chi connectivity index (χ4v) is 8.42. The van der Waals surface area contributed by atoms with Crippen molar-refractivity contribution in [2.24, 2.45) is 29.6 Å². The standard InChI is InChI=1S/C42H67NO10/c1-11-16-31-20-25(4)19-26(5)21-35(50-9)38-36(51-10)23-28(7)42(49,53-38)39(46)40(47)43-18-15-14-17-32(43)41(48)52-37(27(6)22-30(12-2)13-3)29(8)33(44)24-34(31)45/h11,20,22,25-26,28-30,32-33,35-38,44,49H,1,12-19,21,23-24H2,2-10H3/b27-22?,31-20+. The third-order valence-corrected chi connectivity index (χ3v) is 11.8. The Hall–Kier alpha value is -2.70. The summed E-state index contributed by atoms with van der Waals surface area (Å²) in [6, 6.07) is -1.09. The number of ketones is 2. The maximum absolute atomic E-state index is 14.1. The summed E-state index contributed by atoms with van der Waals surface area (Å²) in [6.07, 6.45) is 6.37. The van der Waals surface area contributed by atoms with Gasteiger partial charge < -0.3 is 34.1 Å². The molecule has 11 unspecified atom stereocenters. The van der Waals surface area contributed by atoms with Crippen LogP contribution in [-0.2, 0) is 38.1 Å². The van der Waals surface area contributed by atoms with Crippen LogP contribution in [0.4, 0.5) is 0 Å². The van der Waals surface area contributed by atoms with Crippen LogP contribution in [0.1, 0.15) is 113 Å². The van der Waals surface area contributed by atoms with E-state index in [1.807, 2.05) is 19.9 Å². The van der Waals surface area contributed by atoms with Crippen molar-refractivity contribution in [1.82, 2.24) is 4.90 Å². The fraction of sp³-hybridized carbons (Fsp3) is 0.762. The van der Waals surface area contributed by atoms with Crippen LogP contribution in [0.5, 0.6) is 0 Å². The maximum Gasteiger partial charge on any atom is 0.329 e. The van der Waals surface area contributed by atoms with Gasteiger partial charge in [0.25, 0.3) is 11.7 Å². The molecule has 300 valence electrons.